The molecule has 3 heteroatoms. The van der Waals surface area contributed by atoms with E-state index in [-0.39, 0.29) is 0 Å². The second-order valence-electron chi connectivity index (χ2n) is 17.9. The molecule has 0 amide bonds. The van der Waals surface area contributed by atoms with Crippen molar-refractivity contribution < 1.29 is 0 Å². The van der Waals surface area contributed by atoms with Crippen LogP contribution >= 0.6 is 0 Å². The standard InChI is InChI=1S/C67H43N3/c1-4-18-44(19-5-1)51-26-16-28-53(40-51)65-62(66(70-67(69-65)49-23-8-3-9-24-49)54-29-17-27-52(41-54)45-20-6-2-7-21-45)48-37-35-47(36-38-48)59-43-60-63(57-31-13-12-30-56(57)59)58-32-14-15-33-61(58)68-64(60)55-39-34-46-22-10-11-25-50(46)42-55/h1-43H. The van der Waals surface area contributed by atoms with Crippen molar-refractivity contribution in [1.82, 2.24) is 15.0 Å². The summed E-state index contributed by atoms with van der Waals surface area (Å²) >= 11 is 0. The summed E-state index contributed by atoms with van der Waals surface area (Å²) in [5.41, 5.74) is 16.6. The molecule has 13 aromatic rings. The van der Waals surface area contributed by atoms with Crippen molar-refractivity contribution in [2.24, 2.45) is 0 Å². The number of para-hydroxylation sites is 1. The molecule has 0 aliphatic carbocycles. The number of benzene rings is 11. The van der Waals surface area contributed by atoms with Gasteiger partial charge in [0.1, 0.15) is 0 Å². The molecule has 0 atom stereocenters. The van der Waals surface area contributed by atoms with Crippen LogP contribution in [-0.4, -0.2) is 15.0 Å². The monoisotopic (exact) mass is 889 g/mol. The molecule has 326 valence electrons. The van der Waals surface area contributed by atoms with Crippen molar-refractivity contribution in [2.75, 3.05) is 0 Å². The molecule has 0 fully saturated rings. The van der Waals surface area contributed by atoms with Crippen LogP contribution in [0.3, 0.4) is 0 Å². The summed E-state index contributed by atoms with van der Waals surface area (Å²) in [7, 11) is 0. The van der Waals surface area contributed by atoms with Gasteiger partial charge in [0.05, 0.1) is 22.6 Å². The van der Waals surface area contributed by atoms with Crippen molar-refractivity contribution >= 4 is 43.2 Å². The number of fused-ring (bicyclic) bond motifs is 6. The normalized spacial score (nSPS) is 11.4. The van der Waals surface area contributed by atoms with Crippen LogP contribution in [0.15, 0.2) is 261 Å². The highest BCUT2D eigenvalue weighted by atomic mass is 14.9. The van der Waals surface area contributed by atoms with Gasteiger partial charge in [0.25, 0.3) is 0 Å². The van der Waals surface area contributed by atoms with Gasteiger partial charge in [0, 0.05) is 44.0 Å². The van der Waals surface area contributed by atoms with Crippen molar-refractivity contribution in [3.05, 3.63) is 261 Å². The van der Waals surface area contributed by atoms with Gasteiger partial charge in [-0.05, 0) is 90.8 Å². The number of nitrogens with zero attached hydrogens (tertiary/aromatic N) is 3. The Hall–Kier alpha value is -9.31. The lowest BCUT2D eigenvalue weighted by Gasteiger charge is -2.19. The first-order valence-corrected chi connectivity index (χ1v) is 23.8. The zero-order valence-electron chi connectivity index (χ0n) is 38.2. The first kappa shape index (κ1) is 40.9. The molecule has 11 aromatic carbocycles. The van der Waals surface area contributed by atoms with E-state index >= 15 is 0 Å². The highest BCUT2D eigenvalue weighted by Gasteiger charge is 2.22. The van der Waals surface area contributed by atoms with Gasteiger partial charge in [-0.15, -0.1) is 0 Å². The van der Waals surface area contributed by atoms with E-state index in [1.165, 1.54) is 26.9 Å². The molecule has 13 rings (SSSR count). The van der Waals surface area contributed by atoms with Gasteiger partial charge in [-0.25, -0.2) is 15.0 Å². The highest BCUT2D eigenvalue weighted by molar-refractivity contribution is 6.25. The van der Waals surface area contributed by atoms with Gasteiger partial charge in [-0.3, -0.25) is 0 Å². The largest absolute Gasteiger partial charge is 0.247 e. The van der Waals surface area contributed by atoms with E-state index < -0.39 is 0 Å². The molecule has 2 heterocycles. The molecule has 0 aliphatic rings. The van der Waals surface area contributed by atoms with Crippen LogP contribution in [0.25, 0.3) is 133 Å². The molecule has 0 N–H and O–H groups in total. The van der Waals surface area contributed by atoms with Crippen LogP contribution in [-0.2, 0) is 0 Å². The maximum absolute atomic E-state index is 5.51. The number of hydrogen-bond acceptors (Lipinski definition) is 3. The molecule has 3 nitrogen and oxygen atoms in total. The van der Waals surface area contributed by atoms with Crippen molar-refractivity contribution in [3.63, 3.8) is 0 Å². The van der Waals surface area contributed by atoms with Crippen molar-refractivity contribution in [3.8, 4) is 89.7 Å². The number of aromatic nitrogens is 3. The summed E-state index contributed by atoms with van der Waals surface area (Å²) in [6, 6.07) is 93.0. The number of rotatable bonds is 8. The van der Waals surface area contributed by atoms with Gasteiger partial charge in [0.15, 0.2) is 5.82 Å². The lowest BCUT2D eigenvalue weighted by atomic mass is 9.88. The van der Waals surface area contributed by atoms with Crippen LogP contribution in [0.1, 0.15) is 0 Å². The van der Waals surface area contributed by atoms with Gasteiger partial charge in [-0.2, -0.15) is 0 Å². The van der Waals surface area contributed by atoms with E-state index in [0.29, 0.717) is 5.82 Å². The molecular formula is C67H43N3. The van der Waals surface area contributed by atoms with Gasteiger partial charge in [0.2, 0.25) is 0 Å². The van der Waals surface area contributed by atoms with E-state index in [1.54, 1.807) is 0 Å². The fraction of sp³-hybridized carbons (Fsp3) is 0. The number of hydrogen-bond donors (Lipinski definition) is 0. The third-order valence-corrected chi connectivity index (χ3v) is 13.6. The molecule has 0 radical (unpaired) electrons. The van der Waals surface area contributed by atoms with E-state index in [1.807, 2.05) is 6.07 Å². The first-order valence-electron chi connectivity index (χ1n) is 23.8. The van der Waals surface area contributed by atoms with E-state index in [2.05, 4.69) is 255 Å². The van der Waals surface area contributed by atoms with Crippen LogP contribution in [0.4, 0.5) is 0 Å². The molecule has 2 aromatic heterocycles. The molecule has 70 heavy (non-hydrogen) atoms. The second kappa shape index (κ2) is 17.4. The Labute approximate surface area is 406 Å². The fourth-order valence-corrected chi connectivity index (χ4v) is 10.2. The lowest BCUT2D eigenvalue weighted by molar-refractivity contribution is 1.18. The van der Waals surface area contributed by atoms with Gasteiger partial charge < -0.3 is 0 Å². The maximum Gasteiger partial charge on any atom is 0.160 e. The highest BCUT2D eigenvalue weighted by Crippen LogP contribution is 2.45. The Kier molecular flexibility index (Phi) is 10.2. The fourth-order valence-electron chi connectivity index (χ4n) is 10.2. The van der Waals surface area contributed by atoms with Crippen LogP contribution in [0, 0.1) is 0 Å². The molecule has 0 spiro atoms. The SMILES string of the molecule is c1ccc(-c2cccc(-c3nc(-c4ccccc4)nc(-c4cccc(-c5ccccc5)c4)c3-c3ccc(-c4cc5c(-c6ccc7ccccc7c6)nc6ccccc6c5c5ccccc45)cc3)c2)cc1. The van der Waals surface area contributed by atoms with E-state index in [4.69, 9.17) is 15.0 Å². The molecule has 0 bridgehead atoms. The summed E-state index contributed by atoms with van der Waals surface area (Å²) in [6.07, 6.45) is 0. The molecule has 0 unspecified atom stereocenters. The van der Waals surface area contributed by atoms with Gasteiger partial charge >= 0.3 is 0 Å². The smallest absolute Gasteiger partial charge is 0.160 e. The Balaban J connectivity index is 1.04. The Bertz CT molecular complexity index is 3990. The number of pyridine rings is 1. The molecule has 0 aliphatic heterocycles. The summed E-state index contributed by atoms with van der Waals surface area (Å²) in [5.74, 6) is 0.673. The van der Waals surface area contributed by atoms with Gasteiger partial charge in [-0.1, -0.05) is 231 Å². The minimum Gasteiger partial charge on any atom is -0.247 e. The second-order valence-corrected chi connectivity index (χ2v) is 17.9. The van der Waals surface area contributed by atoms with Crippen molar-refractivity contribution in [1.29, 1.82) is 0 Å². The summed E-state index contributed by atoms with van der Waals surface area (Å²) in [4.78, 5) is 16.4. The third-order valence-electron chi connectivity index (χ3n) is 13.6. The summed E-state index contributed by atoms with van der Waals surface area (Å²) in [6.45, 7) is 0. The average molecular weight is 890 g/mol. The Morgan fingerprint density at radius 1 is 0.229 bits per heavy atom. The van der Waals surface area contributed by atoms with Crippen LogP contribution in [0.5, 0.6) is 0 Å². The van der Waals surface area contributed by atoms with Crippen LogP contribution in [0.2, 0.25) is 0 Å². The maximum atomic E-state index is 5.51. The molecule has 0 saturated carbocycles. The predicted molar refractivity (Wildman–Crippen MR) is 293 cm³/mol. The zero-order valence-corrected chi connectivity index (χ0v) is 38.2. The first-order chi connectivity index (χ1) is 34.7. The van der Waals surface area contributed by atoms with E-state index in [0.717, 1.165) is 100 Å². The minimum atomic E-state index is 0.673. The quantitative estimate of drug-likeness (QED) is 0.143. The summed E-state index contributed by atoms with van der Waals surface area (Å²) in [5, 5.41) is 8.27. The Morgan fingerprint density at radius 2 is 0.700 bits per heavy atom. The van der Waals surface area contributed by atoms with E-state index in [9.17, 15) is 0 Å². The zero-order chi connectivity index (χ0) is 46.4. The predicted octanol–water partition coefficient (Wildman–Crippen LogP) is 17.8. The molecule has 0 saturated heterocycles. The minimum absolute atomic E-state index is 0.673. The lowest BCUT2D eigenvalue weighted by Crippen LogP contribution is -2.01. The topological polar surface area (TPSA) is 38.7 Å². The average Bonchev–Trinajstić information content (AvgIpc) is 3.45. The Morgan fingerprint density at radius 3 is 1.34 bits per heavy atom. The third kappa shape index (κ3) is 7.38. The molecular weight excluding hydrogens is 847 g/mol. The van der Waals surface area contributed by atoms with Crippen LogP contribution < -0.4 is 0 Å². The van der Waals surface area contributed by atoms with Crippen molar-refractivity contribution in [2.45, 2.75) is 0 Å². The summed E-state index contributed by atoms with van der Waals surface area (Å²) < 4.78 is 0.